The fraction of sp³-hybridized carbons (Fsp3) is 0.300. The Bertz CT molecular complexity index is 330. The molecule has 0 aliphatic carbocycles. The number of hydrogen-bond acceptors (Lipinski definition) is 3. The summed E-state index contributed by atoms with van der Waals surface area (Å²) in [6, 6.07) is 7.80. The predicted molar refractivity (Wildman–Crippen MR) is 54.1 cm³/mol. The van der Waals surface area contributed by atoms with Gasteiger partial charge in [0.1, 0.15) is 17.4 Å². The van der Waals surface area contributed by atoms with Gasteiger partial charge in [-0.15, -0.1) is 11.8 Å². The van der Waals surface area contributed by atoms with Crippen molar-refractivity contribution in [1.82, 2.24) is 0 Å². The van der Waals surface area contributed by atoms with Crippen LogP contribution < -0.4 is 4.74 Å². The standard InChI is InChI=1S/C10H11NOS/c1-3-13-10-6-4-5-9(12-2)8(10)7-11/h4-6H,3H2,1-2H3. The van der Waals surface area contributed by atoms with Crippen LogP contribution in [0.1, 0.15) is 12.5 Å². The number of hydrogen-bond donors (Lipinski definition) is 0. The van der Waals surface area contributed by atoms with E-state index >= 15 is 0 Å². The molecule has 0 aliphatic heterocycles. The minimum Gasteiger partial charge on any atom is -0.495 e. The second-order valence-electron chi connectivity index (χ2n) is 2.38. The quantitative estimate of drug-likeness (QED) is 0.692. The molecule has 1 rings (SSSR count). The van der Waals surface area contributed by atoms with Crippen LogP contribution in [0.5, 0.6) is 5.75 Å². The van der Waals surface area contributed by atoms with Crippen LogP contribution in [0.3, 0.4) is 0 Å². The molecule has 0 atom stereocenters. The summed E-state index contributed by atoms with van der Waals surface area (Å²) in [6.07, 6.45) is 0. The number of rotatable bonds is 3. The van der Waals surface area contributed by atoms with Crippen LogP contribution in [0.4, 0.5) is 0 Å². The molecule has 0 saturated carbocycles. The zero-order chi connectivity index (χ0) is 9.68. The van der Waals surface area contributed by atoms with Crippen LogP contribution in [0.15, 0.2) is 23.1 Å². The lowest BCUT2D eigenvalue weighted by Gasteiger charge is -2.06. The van der Waals surface area contributed by atoms with Crippen LogP contribution in [-0.4, -0.2) is 12.9 Å². The Morgan fingerprint density at radius 1 is 1.54 bits per heavy atom. The number of benzene rings is 1. The maximum absolute atomic E-state index is 8.91. The average Bonchev–Trinajstić information content (AvgIpc) is 2.18. The minimum absolute atomic E-state index is 0.636. The average molecular weight is 193 g/mol. The number of ether oxygens (including phenoxy) is 1. The first kappa shape index (κ1) is 9.94. The first-order valence-electron chi connectivity index (χ1n) is 4.03. The Morgan fingerprint density at radius 2 is 2.31 bits per heavy atom. The summed E-state index contributed by atoms with van der Waals surface area (Å²) < 4.78 is 5.09. The van der Waals surface area contributed by atoms with Crippen molar-refractivity contribution in [2.45, 2.75) is 11.8 Å². The first-order chi connectivity index (χ1) is 6.33. The summed E-state index contributed by atoms with van der Waals surface area (Å²) in [5.41, 5.74) is 0.636. The highest BCUT2D eigenvalue weighted by Gasteiger charge is 2.07. The van der Waals surface area contributed by atoms with Gasteiger partial charge in [0.05, 0.1) is 7.11 Å². The molecule has 0 amide bonds. The molecule has 0 heterocycles. The van der Waals surface area contributed by atoms with E-state index in [0.717, 1.165) is 10.6 Å². The molecule has 0 N–H and O–H groups in total. The van der Waals surface area contributed by atoms with Crippen LogP contribution in [-0.2, 0) is 0 Å². The maximum Gasteiger partial charge on any atom is 0.137 e. The van der Waals surface area contributed by atoms with E-state index in [1.807, 2.05) is 12.1 Å². The molecule has 0 saturated heterocycles. The van der Waals surface area contributed by atoms with E-state index in [1.165, 1.54) is 0 Å². The fourth-order valence-corrected chi connectivity index (χ4v) is 1.84. The van der Waals surface area contributed by atoms with E-state index in [2.05, 4.69) is 13.0 Å². The molecular weight excluding hydrogens is 182 g/mol. The van der Waals surface area contributed by atoms with E-state index < -0.39 is 0 Å². The van der Waals surface area contributed by atoms with Crippen molar-refractivity contribution in [2.75, 3.05) is 12.9 Å². The number of thioether (sulfide) groups is 1. The fourth-order valence-electron chi connectivity index (χ4n) is 1.07. The van der Waals surface area contributed by atoms with Crippen molar-refractivity contribution in [3.8, 4) is 11.8 Å². The molecule has 0 fully saturated rings. The molecule has 13 heavy (non-hydrogen) atoms. The smallest absolute Gasteiger partial charge is 0.137 e. The van der Waals surface area contributed by atoms with Crippen LogP contribution in [0.25, 0.3) is 0 Å². The van der Waals surface area contributed by atoms with Gasteiger partial charge in [-0.25, -0.2) is 0 Å². The normalized spacial score (nSPS) is 9.31. The van der Waals surface area contributed by atoms with Gasteiger partial charge in [0.25, 0.3) is 0 Å². The number of nitriles is 1. The van der Waals surface area contributed by atoms with Crippen molar-refractivity contribution in [2.24, 2.45) is 0 Å². The predicted octanol–water partition coefficient (Wildman–Crippen LogP) is 2.68. The number of methoxy groups -OCH3 is 1. The van der Waals surface area contributed by atoms with Crippen molar-refractivity contribution in [1.29, 1.82) is 5.26 Å². The summed E-state index contributed by atoms with van der Waals surface area (Å²) in [7, 11) is 1.58. The Morgan fingerprint density at radius 3 is 2.85 bits per heavy atom. The molecule has 0 unspecified atom stereocenters. The van der Waals surface area contributed by atoms with Gasteiger partial charge in [0, 0.05) is 4.90 Å². The molecule has 0 aliphatic rings. The Balaban J connectivity index is 3.13. The van der Waals surface area contributed by atoms with Gasteiger partial charge in [-0.1, -0.05) is 13.0 Å². The topological polar surface area (TPSA) is 33.0 Å². The summed E-state index contributed by atoms with van der Waals surface area (Å²) in [5.74, 6) is 1.61. The van der Waals surface area contributed by atoms with E-state index in [9.17, 15) is 0 Å². The SMILES string of the molecule is CCSc1cccc(OC)c1C#N. The van der Waals surface area contributed by atoms with E-state index in [1.54, 1.807) is 24.9 Å². The second-order valence-corrected chi connectivity index (χ2v) is 3.68. The van der Waals surface area contributed by atoms with Crippen molar-refractivity contribution in [3.63, 3.8) is 0 Å². The maximum atomic E-state index is 8.91. The van der Waals surface area contributed by atoms with Crippen LogP contribution in [0, 0.1) is 11.3 Å². The third-order valence-corrected chi connectivity index (χ3v) is 2.56. The molecule has 0 radical (unpaired) electrons. The van der Waals surface area contributed by atoms with Gasteiger partial charge in [0.15, 0.2) is 0 Å². The molecule has 0 aromatic heterocycles. The van der Waals surface area contributed by atoms with Crippen molar-refractivity contribution >= 4 is 11.8 Å². The van der Waals surface area contributed by atoms with E-state index in [0.29, 0.717) is 11.3 Å². The summed E-state index contributed by atoms with van der Waals surface area (Å²) >= 11 is 1.65. The molecule has 2 nitrogen and oxygen atoms in total. The highest BCUT2D eigenvalue weighted by atomic mass is 32.2. The first-order valence-corrected chi connectivity index (χ1v) is 5.02. The van der Waals surface area contributed by atoms with Gasteiger partial charge < -0.3 is 4.74 Å². The summed E-state index contributed by atoms with van der Waals surface area (Å²) in [6.45, 7) is 2.06. The summed E-state index contributed by atoms with van der Waals surface area (Å²) in [4.78, 5) is 0.990. The van der Waals surface area contributed by atoms with E-state index in [4.69, 9.17) is 10.00 Å². The monoisotopic (exact) mass is 193 g/mol. The zero-order valence-electron chi connectivity index (χ0n) is 7.70. The molecule has 1 aromatic carbocycles. The highest BCUT2D eigenvalue weighted by Crippen LogP contribution is 2.28. The van der Waals surface area contributed by atoms with Gasteiger partial charge in [-0.2, -0.15) is 5.26 Å². The van der Waals surface area contributed by atoms with Gasteiger partial charge in [-0.3, -0.25) is 0 Å². The lowest BCUT2D eigenvalue weighted by atomic mass is 10.2. The second kappa shape index (κ2) is 4.78. The Labute approximate surface area is 82.5 Å². The molecule has 0 spiro atoms. The largest absolute Gasteiger partial charge is 0.495 e. The molecular formula is C10H11NOS. The Kier molecular flexibility index (Phi) is 3.66. The third-order valence-electron chi connectivity index (χ3n) is 1.62. The van der Waals surface area contributed by atoms with Crippen molar-refractivity contribution in [3.05, 3.63) is 23.8 Å². The number of nitrogens with zero attached hydrogens (tertiary/aromatic N) is 1. The van der Waals surface area contributed by atoms with Gasteiger partial charge in [0.2, 0.25) is 0 Å². The lowest BCUT2D eigenvalue weighted by Crippen LogP contribution is -1.89. The molecule has 1 aromatic rings. The highest BCUT2D eigenvalue weighted by molar-refractivity contribution is 7.99. The summed E-state index contributed by atoms with van der Waals surface area (Å²) in [5, 5.41) is 8.91. The third kappa shape index (κ3) is 2.16. The minimum atomic E-state index is 0.636. The van der Waals surface area contributed by atoms with Gasteiger partial charge in [-0.05, 0) is 17.9 Å². The molecule has 0 bridgehead atoms. The lowest BCUT2D eigenvalue weighted by molar-refractivity contribution is 0.412. The molecule has 68 valence electrons. The van der Waals surface area contributed by atoms with Crippen molar-refractivity contribution < 1.29 is 4.74 Å². The molecule has 3 heteroatoms. The zero-order valence-corrected chi connectivity index (χ0v) is 8.52. The Hall–Kier alpha value is -1.14. The van der Waals surface area contributed by atoms with Crippen LogP contribution >= 0.6 is 11.8 Å². The van der Waals surface area contributed by atoms with E-state index in [-0.39, 0.29) is 0 Å². The van der Waals surface area contributed by atoms with Crippen LogP contribution in [0.2, 0.25) is 0 Å². The van der Waals surface area contributed by atoms with Gasteiger partial charge >= 0.3 is 0 Å².